The SMILES string of the molecule is O=S(=O)(O)C(F)(F)F.O=S(=O)(O)C(F)(F)F. The van der Waals surface area contributed by atoms with Gasteiger partial charge in [-0.15, -0.1) is 0 Å². The van der Waals surface area contributed by atoms with Crippen LogP contribution in [-0.2, 0) is 20.2 Å². The minimum Gasteiger partial charge on any atom is -0.279 e. The van der Waals surface area contributed by atoms with Crippen LogP contribution in [0.2, 0.25) is 0 Å². The molecule has 0 saturated heterocycles. The molecule has 0 aliphatic rings. The minimum absolute atomic E-state index is 5.53. The molecule has 0 aromatic carbocycles. The lowest BCUT2D eigenvalue weighted by atomic mass is 11.6. The van der Waals surface area contributed by atoms with Gasteiger partial charge in [-0.2, -0.15) is 43.2 Å². The number of rotatable bonds is 0. The fourth-order valence-electron chi connectivity index (χ4n) is 0. The lowest BCUT2D eigenvalue weighted by Crippen LogP contribution is -2.21. The van der Waals surface area contributed by atoms with E-state index in [4.69, 9.17) is 25.9 Å². The van der Waals surface area contributed by atoms with Crippen molar-refractivity contribution >= 4 is 20.2 Å². The highest BCUT2D eigenvalue weighted by atomic mass is 32.2. The van der Waals surface area contributed by atoms with E-state index in [-0.39, 0.29) is 0 Å². The van der Waals surface area contributed by atoms with E-state index in [1.165, 1.54) is 0 Å². The summed E-state index contributed by atoms with van der Waals surface area (Å²) in [5.41, 5.74) is -11.1. The Morgan fingerprint density at radius 1 is 0.625 bits per heavy atom. The molecule has 0 fully saturated rings. The lowest BCUT2D eigenvalue weighted by Gasteiger charge is -1.97. The van der Waals surface area contributed by atoms with Gasteiger partial charge in [0.25, 0.3) is 0 Å². The van der Waals surface area contributed by atoms with Crippen molar-refractivity contribution in [3.8, 4) is 0 Å². The number of halogens is 6. The first kappa shape index (κ1) is 17.8. The summed E-state index contributed by atoms with van der Waals surface area (Å²) in [6.45, 7) is 0. The van der Waals surface area contributed by atoms with E-state index in [1.54, 1.807) is 0 Å². The second kappa shape index (κ2) is 4.72. The molecular weight excluding hydrogens is 298 g/mol. The van der Waals surface area contributed by atoms with Crippen LogP contribution in [0.1, 0.15) is 0 Å². The van der Waals surface area contributed by atoms with Gasteiger partial charge in [-0.05, 0) is 0 Å². The molecule has 0 aliphatic carbocycles. The van der Waals surface area contributed by atoms with Gasteiger partial charge in [0.05, 0.1) is 0 Å². The molecule has 0 saturated carbocycles. The number of hydrogen-bond acceptors (Lipinski definition) is 4. The molecule has 0 aromatic rings. The Hall–Kier alpha value is -0.600. The first-order valence-corrected chi connectivity index (χ1v) is 5.45. The van der Waals surface area contributed by atoms with Gasteiger partial charge >= 0.3 is 31.3 Å². The molecule has 2 N–H and O–H groups in total. The predicted octanol–water partition coefficient (Wildman–Crippen LogP) is 0.788. The van der Waals surface area contributed by atoms with Crippen molar-refractivity contribution in [3.63, 3.8) is 0 Å². The summed E-state index contributed by atoms with van der Waals surface area (Å²) in [6, 6.07) is 0. The first-order valence-electron chi connectivity index (χ1n) is 2.57. The quantitative estimate of drug-likeness (QED) is 0.389. The molecule has 0 aliphatic heterocycles. The van der Waals surface area contributed by atoms with Crippen LogP contribution < -0.4 is 0 Å². The van der Waals surface area contributed by atoms with Crippen LogP contribution in [0.25, 0.3) is 0 Å². The molecule has 0 atom stereocenters. The largest absolute Gasteiger partial charge is 0.522 e. The molecule has 0 spiro atoms. The third-order valence-electron chi connectivity index (χ3n) is 0.585. The Kier molecular flexibility index (Phi) is 5.25. The highest BCUT2D eigenvalue weighted by Gasteiger charge is 2.45. The Labute approximate surface area is 84.4 Å². The normalized spacial score (nSPS) is 14.0. The average Bonchev–Trinajstić information content (AvgIpc) is 1.77. The second-order valence-electron chi connectivity index (χ2n) is 1.84. The van der Waals surface area contributed by atoms with Crippen molar-refractivity contribution < 1.29 is 52.3 Å². The summed E-state index contributed by atoms with van der Waals surface area (Å²) in [5, 5.41) is 0. The molecule has 6 nitrogen and oxygen atoms in total. The van der Waals surface area contributed by atoms with Crippen LogP contribution in [0.15, 0.2) is 0 Å². The van der Waals surface area contributed by atoms with Crippen molar-refractivity contribution in [2.24, 2.45) is 0 Å². The van der Waals surface area contributed by atoms with Crippen molar-refractivity contribution in [1.82, 2.24) is 0 Å². The zero-order chi connectivity index (χ0) is 14.0. The van der Waals surface area contributed by atoms with Crippen LogP contribution in [-0.4, -0.2) is 37.0 Å². The van der Waals surface area contributed by atoms with Gasteiger partial charge in [-0.25, -0.2) is 0 Å². The van der Waals surface area contributed by atoms with E-state index in [1.807, 2.05) is 0 Å². The zero-order valence-electron chi connectivity index (χ0n) is 6.61. The smallest absolute Gasteiger partial charge is 0.279 e. The van der Waals surface area contributed by atoms with E-state index >= 15 is 0 Å². The fraction of sp³-hybridized carbons (Fsp3) is 1.00. The molecule has 0 amide bonds. The van der Waals surface area contributed by atoms with Gasteiger partial charge in [0.15, 0.2) is 0 Å². The summed E-state index contributed by atoms with van der Waals surface area (Å²) < 4.78 is 115. The van der Waals surface area contributed by atoms with Crippen molar-refractivity contribution in [1.29, 1.82) is 0 Å². The molecule has 0 bridgehead atoms. The third-order valence-corrected chi connectivity index (χ3v) is 1.75. The summed E-state index contributed by atoms with van der Waals surface area (Å²) in [6.07, 6.45) is 0. The monoisotopic (exact) mass is 300 g/mol. The number of hydrogen-bond donors (Lipinski definition) is 2. The van der Waals surface area contributed by atoms with Crippen LogP contribution in [0.4, 0.5) is 26.3 Å². The molecule has 0 unspecified atom stereocenters. The average molecular weight is 300 g/mol. The molecule has 0 heterocycles. The maximum absolute atomic E-state index is 10.7. The zero-order valence-corrected chi connectivity index (χ0v) is 8.24. The van der Waals surface area contributed by atoms with Gasteiger partial charge in [0.2, 0.25) is 0 Å². The predicted molar refractivity (Wildman–Crippen MR) is 35.2 cm³/mol. The molecule has 0 radical (unpaired) electrons. The Morgan fingerprint density at radius 3 is 0.688 bits per heavy atom. The minimum atomic E-state index is -5.84. The molecule has 0 aromatic heterocycles. The van der Waals surface area contributed by atoms with E-state index in [2.05, 4.69) is 0 Å². The first-order chi connectivity index (χ1) is 6.50. The molecule has 0 rings (SSSR count). The number of alkyl halides is 6. The van der Waals surface area contributed by atoms with Gasteiger partial charge in [0, 0.05) is 0 Å². The second-order valence-corrected chi connectivity index (χ2v) is 4.67. The third kappa shape index (κ3) is 6.81. The van der Waals surface area contributed by atoms with E-state index in [0.29, 0.717) is 0 Å². The van der Waals surface area contributed by atoms with Crippen LogP contribution in [0, 0.1) is 0 Å². The molecular formula is C2H2F6O6S2. The Balaban J connectivity index is 0. The van der Waals surface area contributed by atoms with E-state index in [0.717, 1.165) is 0 Å². The molecule has 14 heteroatoms. The van der Waals surface area contributed by atoms with Crippen molar-refractivity contribution in [2.75, 3.05) is 0 Å². The summed E-state index contributed by atoms with van der Waals surface area (Å²) in [5.74, 6) is 0. The fourth-order valence-corrected chi connectivity index (χ4v) is 0. The van der Waals surface area contributed by atoms with Crippen LogP contribution >= 0.6 is 0 Å². The van der Waals surface area contributed by atoms with Gasteiger partial charge < -0.3 is 0 Å². The van der Waals surface area contributed by atoms with Crippen LogP contribution in [0.3, 0.4) is 0 Å². The lowest BCUT2D eigenvalue weighted by molar-refractivity contribution is -0.0514. The Morgan fingerprint density at radius 2 is 0.688 bits per heavy atom. The van der Waals surface area contributed by atoms with Crippen LogP contribution in [0.5, 0.6) is 0 Å². The van der Waals surface area contributed by atoms with Crippen molar-refractivity contribution in [3.05, 3.63) is 0 Å². The highest BCUT2D eigenvalue weighted by molar-refractivity contribution is 7.86. The standard InChI is InChI=1S/2CHF3O3S/c2*2-1(3,4)8(5,6)7/h2*(H,5,6,7). The maximum atomic E-state index is 10.7. The topological polar surface area (TPSA) is 109 Å². The van der Waals surface area contributed by atoms with Gasteiger partial charge in [-0.3, -0.25) is 9.11 Å². The molecule has 16 heavy (non-hydrogen) atoms. The maximum Gasteiger partial charge on any atom is 0.522 e. The van der Waals surface area contributed by atoms with Gasteiger partial charge in [-0.1, -0.05) is 0 Å². The van der Waals surface area contributed by atoms with E-state index < -0.39 is 31.3 Å². The van der Waals surface area contributed by atoms with Gasteiger partial charge in [0.1, 0.15) is 0 Å². The van der Waals surface area contributed by atoms with E-state index in [9.17, 15) is 26.3 Å². The summed E-state index contributed by atoms with van der Waals surface area (Å²) in [4.78, 5) is 0. The molecule has 100 valence electrons. The van der Waals surface area contributed by atoms with Crippen molar-refractivity contribution in [2.45, 2.75) is 11.0 Å². The highest BCUT2D eigenvalue weighted by Crippen LogP contribution is 2.21. The summed E-state index contributed by atoms with van der Waals surface area (Å²) >= 11 is 0. The Bertz CT molecular complexity index is 369. The summed E-state index contributed by atoms with van der Waals surface area (Å²) in [7, 11) is -11.7.